The molecule has 6 heteroatoms. The van der Waals surface area contributed by atoms with Gasteiger partial charge in [0, 0.05) is 0 Å². The summed E-state index contributed by atoms with van der Waals surface area (Å²) in [5.41, 5.74) is 0.634. The van der Waals surface area contributed by atoms with Gasteiger partial charge >= 0.3 is 5.97 Å². The second kappa shape index (κ2) is 7.25. The number of carbonyl (C=O) groups is 1. The van der Waals surface area contributed by atoms with E-state index < -0.39 is 22.0 Å². The van der Waals surface area contributed by atoms with Gasteiger partial charge in [-0.15, -0.1) is 0 Å². The fraction of sp³-hybridized carbons (Fsp3) is 0.462. The molecule has 0 fully saturated rings. The van der Waals surface area contributed by atoms with Gasteiger partial charge in [-0.2, -0.15) is 0 Å². The second-order valence-electron chi connectivity index (χ2n) is 4.40. The van der Waals surface area contributed by atoms with Crippen LogP contribution in [0.4, 0.5) is 0 Å². The molecule has 0 aliphatic heterocycles. The molecule has 0 amide bonds. The van der Waals surface area contributed by atoms with Crippen LogP contribution in [-0.2, 0) is 20.6 Å². The van der Waals surface area contributed by atoms with Gasteiger partial charge in [0.2, 0.25) is 10.0 Å². The van der Waals surface area contributed by atoms with Crippen LogP contribution in [0.25, 0.3) is 0 Å². The largest absolute Gasteiger partial charge is 0.480 e. The number of carboxylic acids is 1. The fourth-order valence-electron chi connectivity index (χ4n) is 1.69. The van der Waals surface area contributed by atoms with Crippen LogP contribution in [0, 0.1) is 0 Å². The molecule has 106 valence electrons. The summed E-state index contributed by atoms with van der Waals surface area (Å²) in [5.74, 6) is -1.34. The highest BCUT2D eigenvalue weighted by Crippen LogP contribution is 2.07. The van der Waals surface area contributed by atoms with Crippen molar-refractivity contribution in [1.29, 1.82) is 0 Å². The smallest absolute Gasteiger partial charge is 0.321 e. The SMILES string of the molecule is CCCC[C@H](NS(=O)(=O)Cc1ccccc1)C(=O)O. The Kier molecular flexibility index (Phi) is 5.98. The Morgan fingerprint density at radius 1 is 1.32 bits per heavy atom. The maximum atomic E-state index is 11.9. The van der Waals surface area contributed by atoms with Crippen molar-refractivity contribution in [2.24, 2.45) is 0 Å². The summed E-state index contributed by atoms with van der Waals surface area (Å²) in [4.78, 5) is 11.0. The van der Waals surface area contributed by atoms with Gasteiger partial charge in [0.1, 0.15) is 6.04 Å². The van der Waals surface area contributed by atoms with Crippen LogP contribution >= 0.6 is 0 Å². The molecule has 0 aliphatic rings. The number of sulfonamides is 1. The minimum Gasteiger partial charge on any atom is -0.480 e. The molecule has 0 aromatic heterocycles. The van der Waals surface area contributed by atoms with E-state index >= 15 is 0 Å². The Morgan fingerprint density at radius 2 is 1.95 bits per heavy atom. The lowest BCUT2D eigenvalue weighted by Gasteiger charge is -2.14. The topological polar surface area (TPSA) is 83.5 Å². The first-order valence-corrected chi connectivity index (χ1v) is 7.86. The predicted molar refractivity (Wildman–Crippen MR) is 73.2 cm³/mol. The molecule has 19 heavy (non-hydrogen) atoms. The van der Waals surface area contributed by atoms with Crippen LogP contribution < -0.4 is 4.72 Å². The highest BCUT2D eigenvalue weighted by molar-refractivity contribution is 7.88. The first-order chi connectivity index (χ1) is 8.94. The normalized spacial score (nSPS) is 13.1. The Bertz CT molecular complexity index is 499. The summed E-state index contributed by atoms with van der Waals surface area (Å²) in [5, 5.41) is 9.00. The molecule has 0 heterocycles. The molecule has 5 nitrogen and oxygen atoms in total. The number of nitrogens with one attached hydrogen (secondary N) is 1. The van der Waals surface area contributed by atoms with E-state index in [1.807, 2.05) is 6.92 Å². The van der Waals surface area contributed by atoms with Crippen molar-refractivity contribution in [3.05, 3.63) is 35.9 Å². The molecular weight excluding hydrogens is 266 g/mol. The Morgan fingerprint density at radius 3 is 2.47 bits per heavy atom. The van der Waals surface area contributed by atoms with Gasteiger partial charge < -0.3 is 5.11 Å². The first-order valence-electron chi connectivity index (χ1n) is 6.21. The van der Waals surface area contributed by atoms with Gasteiger partial charge in [-0.3, -0.25) is 4.79 Å². The van der Waals surface area contributed by atoms with E-state index in [0.717, 1.165) is 6.42 Å². The molecule has 0 unspecified atom stereocenters. The van der Waals surface area contributed by atoms with Crippen molar-refractivity contribution in [3.8, 4) is 0 Å². The van der Waals surface area contributed by atoms with E-state index in [-0.39, 0.29) is 5.75 Å². The van der Waals surface area contributed by atoms with Gasteiger partial charge in [-0.1, -0.05) is 50.1 Å². The third-order valence-electron chi connectivity index (χ3n) is 2.67. The first kappa shape index (κ1) is 15.7. The average molecular weight is 285 g/mol. The highest BCUT2D eigenvalue weighted by atomic mass is 32.2. The van der Waals surface area contributed by atoms with Crippen molar-refractivity contribution in [3.63, 3.8) is 0 Å². The highest BCUT2D eigenvalue weighted by Gasteiger charge is 2.23. The van der Waals surface area contributed by atoms with Crippen molar-refractivity contribution in [1.82, 2.24) is 4.72 Å². The van der Waals surface area contributed by atoms with Crippen LogP contribution in [0.5, 0.6) is 0 Å². The van der Waals surface area contributed by atoms with E-state index in [0.29, 0.717) is 18.4 Å². The summed E-state index contributed by atoms with van der Waals surface area (Å²) in [6.45, 7) is 1.93. The summed E-state index contributed by atoms with van der Waals surface area (Å²) in [7, 11) is -3.64. The van der Waals surface area contributed by atoms with Gasteiger partial charge in [0.25, 0.3) is 0 Å². The number of hydrogen-bond donors (Lipinski definition) is 2. The van der Waals surface area contributed by atoms with Crippen LogP contribution in [-0.4, -0.2) is 25.5 Å². The Hall–Kier alpha value is -1.40. The molecule has 0 bridgehead atoms. The minimum atomic E-state index is -3.64. The van der Waals surface area contributed by atoms with Crippen LogP contribution in [0.2, 0.25) is 0 Å². The Balaban J connectivity index is 2.69. The van der Waals surface area contributed by atoms with Crippen LogP contribution in [0.15, 0.2) is 30.3 Å². The van der Waals surface area contributed by atoms with E-state index in [4.69, 9.17) is 5.11 Å². The molecule has 1 aromatic rings. The van der Waals surface area contributed by atoms with Crippen LogP contribution in [0.3, 0.4) is 0 Å². The molecule has 0 aliphatic carbocycles. The summed E-state index contributed by atoms with van der Waals surface area (Å²) >= 11 is 0. The predicted octanol–water partition coefficient (Wildman–Crippen LogP) is 1.75. The number of carboxylic acid groups (broad SMARTS) is 1. The lowest BCUT2D eigenvalue weighted by Crippen LogP contribution is -2.41. The van der Waals surface area contributed by atoms with Crippen molar-refractivity contribution >= 4 is 16.0 Å². The zero-order valence-corrected chi connectivity index (χ0v) is 11.7. The number of hydrogen-bond acceptors (Lipinski definition) is 3. The molecule has 1 atom stereocenters. The molecule has 2 N–H and O–H groups in total. The molecular formula is C13H19NO4S. The lowest BCUT2D eigenvalue weighted by molar-refractivity contribution is -0.139. The lowest BCUT2D eigenvalue weighted by atomic mass is 10.1. The van der Waals surface area contributed by atoms with Gasteiger partial charge in [0.05, 0.1) is 5.75 Å². The van der Waals surface area contributed by atoms with E-state index in [2.05, 4.69) is 4.72 Å². The number of unbranched alkanes of at least 4 members (excludes halogenated alkanes) is 1. The van der Waals surface area contributed by atoms with Gasteiger partial charge in [-0.05, 0) is 12.0 Å². The monoisotopic (exact) mass is 285 g/mol. The van der Waals surface area contributed by atoms with Crippen molar-refractivity contribution in [2.45, 2.75) is 38.0 Å². The molecule has 0 spiro atoms. The quantitative estimate of drug-likeness (QED) is 0.762. The Labute approximate surface area is 113 Å². The standard InChI is InChI=1S/C13H19NO4S/c1-2-3-9-12(13(15)16)14-19(17,18)10-11-7-5-4-6-8-11/h4-8,12,14H,2-3,9-10H2,1H3,(H,15,16)/t12-/m0/s1. The average Bonchev–Trinajstić information content (AvgIpc) is 2.34. The minimum absolute atomic E-state index is 0.205. The third-order valence-corrected chi connectivity index (χ3v) is 4.02. The molecule has 1 rings (SSSR count). The second-order valence-corrected chi connectivity index (χ2v) is 6.15. The van der Waals surface area contributed by atoms with Gasteiger partial charge in [0.15, 0.2) is 0 Å². The maximum absolute atomic E-state index is 11.9. The number of aliphatic carboxylic acids is 1. The van der Waals surface area contributed by atoms with Crippen LogP contribution in [0.1, 0.15) is 31.7 Å². The molecule has 0 radical (unpaired) electrons. The number of benzene rings is 1. The van der Waals surface area contributed by atoms with Crippen molar-refractivity contribution in [2.75, 3.05) is 0 Å². The zero-order chi connectivity index (χ0) is 14.3. The summed E-state index contributed by atoms with van der Waals surface area (Å²) in [6.07, 6.45) is 1.80. The molecule has 0 saturated heterocycles. The third kappa shape index (κ3) is 5.85. The molecule has 0 saturated carbocycles. The zero-order valence-electron chi connectivity index (χ0n) is 10.9. The fourth-order valence-corrected chi connectivity index (χ4v) is 3.06. The van der Waals surface area contributed by atoms with E-state index in [1.54, 1.807) is 30.3 Å². The maximum Gasteiger partial charge on any atom is 0.321 e. The number of rotatable bonds is 8. The van der Waals surface area contributed by atoms with E-state index in [1.165, 1.54) is 0 Å². The van der Waals surface area contributed by atoms with Crippen molar-refractivity contribution < 1.29 is 18.3 Å². The summed E-state index contributed by atoms with van der Waals surface area (Å²) < 4.78 is 26.1. The molecule has 1 aromatic carbocycles. The summed E-state index contributed by atoms with van der Waals surface area (Å²) in [6, 6.07) is 7.63. The van der Waals surface area contributed by atoms with Gasteiger partial charge in [-0.25, -0.2) is 13.1 Å². The van der Waals surface area contributed by atoms with E-state index in [9.17, 15) is 13.2 Å².